The highest BCUT2D eigenvalue weighted by molar-refractivity contribution is 7.80. The van der Waals surface area contributed by atoms with Crippen LogP contribution in [0.15, 0.2) is 12.2 Å². The van der Waals surface area contributed by atoms with E-state index in [2.05, 4.69) is 30.2 Å². The first-order valence-electron chi connectivity index (χ1n) is 24.4. The fraction of sp³-hybridized carbons (Fsp3) is 0.936. The van der Waals surface area contributed by atoms with Crippen LogP contribution in [-0.2, 0) is 38.3 Å². The molecule has 1 aliphatic heterocycles. The number of unbranched alkanes of at least 4 members (excludes halogenated alkanes) is 28. The van der Waals surface area contributed by atoms with Gasteiger partial charge in [0.1, 0.15) is 30.5 Å². The molecule has 0 saturated carbocycles. The number of allylic oxidation sites excluding steroid dienone is 2. The fourth-order valence-electron chi connectivity index (χ4n) is 7.67. The fourth-order valence-corrected chi connectivity index (χ4v) is 8.18. The van der Waals surface area contributed by atoms with Crippen molar-refractivity contribution in [1.82, 2.24) is 0 Å². The van der Waals surface area contributed by atoms with Gasteiger partial charge in [0.2, 0.25) is 0 Å². The van der Waals surface area contributed by atoms with E-state index in [0.29, 0.717) is 13.0 Å². The topological polar surface area (TPSA) is 178 Å². The number of hydrogen-bond acceptors (Lipinski definition) is 11. The molecule has 0 amide bonds. The molecule has 1 aliphatic rings. The average molecular weight is 879 g/mol. The highest BCUT2D eigenvalue weighted by Gasteiger charge is 2.48. The molecule has 6 atom stereocenters. The molecular formula is C47H90O12S. The van der Waals surface area contributed by atoms with Crippen molar-refractivity contribution in [3.05, 3.63) is 12.2 Å². The van der Waals surface area contributed by atoms with Crippen molar-refractivity contribution in [3.8, 4) is 0 Å². The van der Waals surface area contributed by atoms with E-state index in [1.165, 1.54) is 148 Å². The van der Waals surface area contributed by atoms with Crippen molar-refractivity contribution in [1.29, 1.82) is 0 Å². The van der Waals surface area contributed by atoms with E-state index in [0.717, 1.165) is 44.9 Å². The molecule has 0 aliphatic carbocycles. The predicted molar refractivity (Wildman–Crippen MR) is 239 cm³/mol. The summed E-state index contributed by atoms with van der Waals surface area (Å²) in [4.78, 5) is 12.9. The number of carbonyl (C=O) groups is 1. The molecule has 0 bridgehead atoms. The predicted octanol–water partition coefficient (Wildman–Crippen LogP) is 10.6. The van der Waals surface area contributed by atoms with E-state index >= 15 is 0 Å². The Morgan fingerprint density at radius 2 is 1.05 bits per heavy atom. The monoisotopic (exact) mass is 879 g/mol. The van der Waals surface area contributed by atoms with Crippen LogP contribution in [0.2, 0.25) is 0 Å². The largest absolute Gasteiger partial charge is 0.457 e. The standard InChI is InChI=1S/C47H90O12S/c1-3-5-7-9-11-13-15-17-19-21-22-24-26-28-30-32-34-36-43(49)57-41(40-56-47-45(51)46(59-60(52,53)54)44(50)42(38-48)58-47)39-55-37-35-33-31-29-27-25-23-20-18-16-14-12-10-8-6-4-2/h17,19,41-42,44-48,50-51H,3-16,18,20-40H2,1-2H3,(H,52,53,54)/b19-17-. The number of hydrogen-bond donors (Lipinski definition) is 4. The number of carbonyl (C=O) groups excluding carboxylic acids is 1. The van der Waals surface area contributed by atoms with Crippen molar-refractivity contribution in [2.75, 3.05) is 26.4 Å². The first kappa shape index (κ1) is 56.9. The average Bonchev–Trinajstić information content (AvgIpc) is 3.22. The van der Waals surface area contributed by atoms with Gasteiger partial charge in [-0.15, -0.1) is 0 Å². The van der Waals surface area contributed by atoms with Gasteiger partial charge in [0.15, 0.2) is 6.29 Å². The van der Waals surface area contributed by atoms with Crippen molar-refractivity contribution in [2.45, 2.75) is 256 Å². The van der Waals surface area contributed by atoms with Crippen molar-refractivity contribution in [2.24, 2.45) is 0 Å². The van der Waals surface area contributed by atoms with Crippen LogP contribution in [0.1, 0.15) is 219 Å². The van der Waals surface area contributed by atoms with Gasteiger partial charge in [-0.1, -0.05) is 187 Å². The van der Waals surface area contributed by atoms with Crippen LogP contribution in [0.4, 0.5) is 0 Å². The van der Waals surface area contributed by atoms with Crippen LogP contribution in [0.25, 0.3) is 0 Å². The minimum atomic E-state index is -5.06. The second kappa shape index (κ2) is 39.4. The summed E-state index contributed by atoms with van der Waals surface area (Å²) in [6.07, 6.45) is 33.8. The second-order valence-corrected chi connectivity index (χ2v) is 18.1. The lowest BCUT2D eigenvalue weighted by Gasteiger charge is -2.41. The molecule has 0 spiro atoms. The molecule has 13 heteroatoms. The zero-order valence-electron chi connectivity index (χ0n) is 38.0. The molecule has 12 nitrogen and oxygen atoms in total. The third kappa shape index (κ3) is 32.5. The Morgan fingerprint density at radius 3 is 1.50 bits per heavy atom. The molecule has 1 rings (SSSR count). The molecule has 356 valence electrons. The Labute approximate surface area is 366 Å². The summed E-state index contributed by atoms with van der Waals surface area (Å²) in [7, 11) is -5.06. The van der Waals surface area contributed by atoms with Crippen molar-refractivity contribution in [3.63, 3.8) is 0 Å². The first-order valence-corrected chi connectivity index (χ1v) is 25.8. The SMILES string of the molecule is CCCCCCCC/C=C\CCCCCCCCCC(=O)OC(COCCCCCCCCCCCCCCCCCC)COC1OC(CO)C(O)C(OS(=O)(=O)O)C1O. The number of esters is 1. The Balaban J connectivity index is 2.39. The Kier molecular flexibility index (Phi) is 37.4. The zero-order chi connectivity index (χ0) is 43.9. The molecule has 0 radical (unpaired) electrons. The summed E-state index contributed by atoms with van der Waals surface area (Å²) in [5.41, 5.74) is 0. The van der Waals surface area contributed by atoms with E-state index < -0.39 is 59.8 Å². The van der Waals surface area contributed by atoms with E-state index in [1.54, 1.807) is 0 Å². The maximum absolute atomic E-state index is 12.9. The van der Waals surface area contributed by atoms with Gasteiger partial charge in [0, 0.05) is 13.0 Å². The molecule has 6 unspecified atom stereocenters. The molecular weight excluding hydrogens is 789 g/mol. The minimum absolute atomic E-state index is 0.0402. The molecule has 4 N–H and O–H groups in total. The second-order valence-electron chi connectivity index (χ2n) is 17.1. The summed E-state index contributed by atoms with van der Waals surface area (Å²) < 4.78 is 59.2. The van der Waals surface area contributed by atoms with Crippen molar-refractivity contribution < 1.29 is 56.2 Å². The summed E-state index contributed by atoms with van der Waals surface area (Å²) in [5.74, 6) is -0.399. The van der Waals surface area contributed by atoms with Crippen LogP contribution in [0, 0.1) is 0 Å². The third-order valence-corrected chi connectivity index (χ3v) is 11.9. The molecule has 0 aromatic carbocycles. The van der Waals surface area contributed by atoms with Gasteiger partial charge in [0.25, 0.3) is 0 Å². The van der Waals surface area contributed by atoms with Crippen LogP contribution in [0.5, 0.6) is 0 Å². The van der Waals surface area contributed by atoms with Gasteiger partial charge < -0.3 is 34.3 Å². The lowest BCUT2D eigenvalue weighted by molar-refractivity contribution is -0.301. The van der Waals surface area contributed by atoms with Gasteiger partial charge in [-0.25, -0.2) is 4.18 Å². The van der Waals surface area contributed by atoms with Gasteiger partial charge in [-0.05, 0) is 38.5 Å². The van der Waals surface area contributed by atoms with E-state index in [9.17, 15) is 33.1 Å². The van der Waals surface area contributed by atoms with Gasteiger partial charge >= 0.3 is 16.4 Å². The molecule has 1 saturated heterocycles. The lowest BCUT2D eigenvalue weighted by atomic mass is 9.99. The molecule has 0 aromatic rings. The van der Waals surface area contributed by atoms with Crippen molar-refractivity contribution >= 4 is 16.4 Å². The van der Waals surface area contributed by atoms with Gasteiger partial charge in [0.05, 0.1) is 19.8 Å². The number of rotatable bonds is 43. The normalized spacial score (nSPS) is 20.3. The Bertz CT molecular complexity index is 1110. The summed E-state index contributed by atoms with van der Waals surface area (Å²) in [5, 5.41) is 30.7. The minimum Gasteiger partial charge on any atom is -0.457 e. The molecule has 60 heavy (non-hydrogen) atoms. The highest BCUT2D eigenvalue weighted by atomic mass is 32.3. The number of aliphatic hydroxyl groups excluding tert-OH is 3. The van der Waals surface area contributed by atoms with Crippen LogP contribution >= 0.6 is 0 Å². The maximum atomic E-state index is 12.9. The molecule has 1 heterocycles. The van der Waals surface area contributed by atoms with Crippen LogP contribution < -0.4 is 0 Å². The van der Waals surface area contributed by atoms with Crippen LogP contribution in [0.3, 0.4) is 0 Å². The lowest BCUT2D eigenvalue weighted by Crippen LogP contribution is -2.60. The summed E-state index contributed by atoms with van der Waals surface area (Å²) in [6, 6.07) is 0. The smallest absolute Gasteiger partial charge is 0.397 e. The molecule has 0 aromatic heterocycles. The van der Waals surface area contributed by atoms with E-state index in [1.807, 2.05) is 0 Å². The Hall–Kier alpha value is -1.16. The van der Waals surface area contributed by atoms with Gasteiger partial charge in [-0.3, -0.25) is 9.35 Å². The highest BCUT2D eigenvalue weighted by Crippen LogP contribution is 2.26. The first-order chi connectivity index (χ1) is 29.1. The van der Waals surface area contributed by atoms with E-state index in [-0.39, 0.29) is 19.6 Å². The quantitative estimate of drug-likeness (QED) is 0.0197. The molecule has 1 fully saturated rings. The number of ether oxygens (including phenoxy) is 4. The zero-order valence-corrected chi connectivity index (χ0v) is 38.9. The van der Waals surface area contributed by atoms with E-state index in [4.69, 9.17) is 18.9 Å². The Morgan fingerprint density at radius 1 is 0.617 bits per heavy atom. The van der Waals surface area contributed by atoms with Gasteiger partial charge in [-0.2, -0.15) is 8.42 Å². The maximum Gasteiger partial charge on any atom is 0.397 e. The number of aliphatic hydroxyl groups is 3. The summed E-state index contributed by atoms with van der Waals surface area (Å²) >= 11 is 0. The summed E-state index contributed by atoms with van der Waals surface area (Å²) in [6.45, 7) is 4.02. The van der Waals surface area contributed by atoms with Crippen LogP contribution in [-0.4, -0.2) is 97.5 Å². The third-order valence-electron chi connectivity index (χ3n) is 11.4.